The number of unbranched alkanes of at least 4 members (excludes halogenated alkanes) is 1. The van der Waals surface area contributed by atoms with Crippen LogP contribution in [0.2, 0.25) is 0 Å². The highest BCUT2D eigenvalue weighted by Crippen LogP contribution is 2.40. The summed E-state index contributed by atoms with van der Waals surface area (Å²) in [7, 11) is 0. The minimum atomic E-state index is -0.636. The molecule has 31 heavy (non-hydrogen) atoms. The van der Waals surface area contributed by atoms with E-state index in [9.17, 15) is 10.2 Å². The van der Waals surface area contributed by atoms with Gasteiger partial charge in [-0.3, -0.25) is 0 Å². The molecule has 2 heteroatoms. The zero-order valence-electron chi connectivity index (χ0n) is 20.5. The van der Waals surface area contributed by atoms with Gasteiger partial charge in [0.15, 0.2) is 0 Å². The monoisotopic (exact) mass is 420 g/mol. The minimum absolute atomic E-state index is 0.100. The van der Waals surface area contributed by atoms with Crippen LogP contribution in [-0.2, 0) is 5.41 Å². The molecule has 0 fully saturated rings. The van der Waals surface area contributed by atoms with Crippen LogP contribution < -0.4 is 0 Å². The van der Waals surface area contributed by atoms with Crippen LogP contribution >= 0.6 is 0 Å². The SMILES string of the molecule is CCCCC(C)(C)C(O)C#Cc1ccc(C(CC)(CC)c2ccc(O)c(C)c2)cc1C. The maximum absolute atomic E-state index is 10.6. The van der Waals surface area contributed by atoms with Crippen molar-refractivity contribution in [3.63, 3.8) is 0 Å². The van der Waals surface area contributed by atoms with Crippen molar-refractivity contribution in [3.05, 3.63) is 64.2 Å². The third kappa shape index (κ3) is 5.52. The van der Waals surface area contributed by atoms with Gasteiger partial charge in [0, 0.05) is 16.4 Å². The van der Waals surface area contributed by atoms with Crippen LogP contribution in [0, 0.1) is 31.1 Å². The standard InChI is InChI=1S/C29H40O2/c1-8-11-18-28(6,7)27(31)17-13-23-12-14-24(19-21(23)4)29(9-2,10-3)25-15-16-26(30)22(5)20-25/h12,14-16,19-20,27,30-31H,8-11,18H2,1-7H3. The predicted molar refractivity (Wildman–Crippen MR) is 132 cm³/mol. The molecule has 2 aromatic carbocycles. The van der Waals surface area contributed by atoms with E-state index < -0.39 is 6.10 Å². The lowest BCUT2D eigenvalue weighted by molar-refractivity contribution is 0.0893. The van der Waals surface area contributed by atoms with Gasteiger partial charge in [-0.15, -0.1) is 0 Å². The second-order valence-electron chi connectivity index (χ2n) is 9.58. The molecule has 0 aromatic heterocycles. The Morgan fingerprint density at radius 3 is 2.00 bits per heavy atom. The lowest BCUT2D eigenvalue weighted by atomic mass is 9.70. The Kier molecular flexibility index (Phi) is 8.38. The number of aryl methyl sites for hydroxylation is 2. The van der Waals surface area contributed by atoms with Gasteiger partial charge in [-0.2, -0.15) is 0 Å². The predicted octanol–water partition coefficient (Wildman–Crippen LogP) is 7.04. The average Bonchev–Trinajstić information content (AvgIpc) is 2.75. The molecule has 0 aliphatic carbocycles. The molecule has 2 nitrogen and oxygen atoms in total. The first-order valence-corrected chi connectivity index (χ1v) is 11.7. The van der Waals surface area contributed by atoms with Gasteiger partial charge >= 0.3 is 0 Å². The zero-order chi connectivity index (χ0) is 23.2. The molecular formula is C29H40O2. The molecule has 0 aliphatic heterocycles. The summed E-state index contributed by atoms with van der Waals surface area (Å²) in [5.74, 6) is 6.67. The first-order chi connectivity index (χ1) is 14.6. The third-order valence-electron chi connectivity index (χ3n) is 6.99. The second-order valence-corrected chi connectivity index (χ2v) is 9.58. The van der Waals surface area contributed by atoms with Crippen LogP contribution in [0.5, 0.6) is 5.75 Å². The number of rotatable bonds is 8. The molecule has 2 aromatic rings. The summed E-state index contributed by atoms with van der Waals surface area (Å²) in [6.07, 6.45) is 4.51. The fourth-order valence-electron chi connectivity index (χ4n) is 4.40. The molecule has 2 N–H and O–H groups in total. The van der Waals surface area contributed by atoms with Crippen molar-refractivity contribution in [2.45, 2.75) is 92.1 Å². The van der Waals surface area contributed by atoms with Gasteiger partial charge in [0.05, 0.1) is 0 Å². The van der Waals surface area contributed by atoms with E-state index in [1.165, 1.54) is 11.1 Å². The Labute approximate surface area is 189 Å². The van der Waals surface area contributed by atoms with Crippen LogP contribution in [-0.4, -0.2) is 16.3 Å². The maximum atomic E-state index is 10.6. The average molecular weight is 421 g/mol. The summed E-state index contributed by atoms with van der Waals surface area (Å²) in [5, 5.41) is 20.6. The Hall–Kier alpha value is -2.24. The van der Waals surface area contributed by atoms with E-state index in [0.717, 1.165) is 48.8 Å². The summed E-state index contributed by atoms with van der Waals surface area (Å²) < 4.78 is 0. The Morgan fingerprint density at radius 2 is 1.48 bits per heavy atom. The van der Waals surface area contributed by atoms with E-state index in [4.69, 9.17) is 0 Å². The number of benzene rings is 2. The topological polar surface area (TPSA) is 40.5 Å². The maximum Gasteiger partial charge on any atom is 0.120 e. The first kappa shape index (κ1) is 25.0. The fourth-order valence-corrected chi connectivity index (χ4v) is 4.40. The van der Waals surface area contributed by atoms with Gasteiger partial charge in [0.1, 0.15) is 11.9 Å². The molecule has 0 aliphatic rings. The van der Waals surface area contributed by atoms with Gasteiger partial charge in [-0.25, -0.2) is 0 Å². The lowest BCUT2D eigenvalue weighted by Gasteiger charge is -2.34. The van der Waals surface area contributed by atoms with Crippen molar-refractivity contribution in [2.24, 2.45) is 5.41 Å². The summed E-state index contributed by atoms with van der Waals surface area (Å²) in [5.41, 5.74) is 5.21. The summed E-state index contributed by atoms with van der Waals surface area (Å²) in [4.78, 5) is 0. The van der Waals surface area contributed by atoms with Gasteiger partial charge in [-0.1, -0.05) is 83.6 Å². The number of phenols is 1. The summed E-state index contributed by atoms with van der Waals surface area (Å²) >= 11 is 0. The van der Waals surface area contributed by atoms with Crippen molar-refractivity contribution in [1.82, 2.24) is 0 Å². The molecule has 1 atom stereocenters. The molecule has 0 heterocycles. The summed E-state index contributed by atoms with van der Waals surface area (Å²) in [6, 6.07) is 12.5. The van der Waals surface area contributed by atoms with Crippen molar-refractivity contribution >= 4 is 0 Å². The van der Waals surface area contributed by atoms with E-state index in [1.54, 1.807) is 6.07 Å². The highest BCUT2D eigenvalue weighted by Gasteiger charge is 2.31. The van der Waals surface area contributed by atoms with Crippen molar-refractivity contribution in [3.8, 4) is 17.6 Å². The largest absolute Gasteiger partial charge is 0.508 e. The minimum Gasteiger partial charge on any atom is -0.508 e. The molecule has 0 saturated carbocycles. The van der Waals surface area contributed by atoms with Gasteiger partial charge in [-0.05, 0) is 67.5 Å². The quantitative estimate of drug-likeness (QED) is 0.449. The molecule has 0 saturated heterocycles. The Bertz CT molecular complexity index is 939. The van der Waals surface area contributed by atoms with Crippen LogP contribution in [0.4, 0.5) is 0 Å². The molecule has 2 rings (SSSR count). The molecule has 0 spiro atoms. The summed E-state index contributed by atoms with van der Waals surface area (Å²) in [6.45, 7) is 14.9. The number of aromatic hydroxyl groups is 1. The Morgan fingerprint density at radius 1 is 0.903 bits per heavy atom. The van der Waals surface area contributed by atoms with Crippen LogP contribution in [0.3, 0.4) is 0 Å². The molecule has 0 radical (unpaired) electrons. The number of aliphatic hydroxyl groups excluding tert-OH is 1. The highest BCUT2D eigenvalue weighted by molar-refractivity contribution is 5.49. The van der Waals surface area contributed by atoms with Gasteiger partial charge < -0.3 is 10.2 Å². The number of hydrogen-bond acceptors (Lipinski definition) is 2. The van der Waals surface area contributed by atoms with E-state index in [-0.39, 0.29) is 10.8 Å². The molecule has 168 valence electrons. The van der Waals surface area contributed by atoms with Crippen molar-refractivity contribution in [2.75, 3.05) is 0 Å². The lowest BCUT2D eigenvalue weighted by Crippen LogP contribution is -2.27. The van der Waals surface area contributed by atoms with Crippen LogP contribution in [0.15, 0.2) is 36.4 Å². The van der Waals surface area contributed by atoms with Gasteiger partial charge in [0.2, 0.25) is 0 Å². The van der Waals surface area contributed by atoms with Gasteiger partial charge in [0.25, 0.3) is 0 Å². The third-order valence-corrected chi connectivity index (χ3v) is 6.99. The van der Waals surface area contributed by atoms with Crippen LogP contribution in [0.1, 0.15) is 94.5 Å². The second kappa shape index (κ2) is 10.4. The number of phenolic OH excluding ortho intramolecular Hbond substituents is 1. The normalized spacial score (nSPS) is 12.9. The Balaban J connectivity index is 2.39. The smallest absolute Gasteiger partial charge is 0.120 e. The van der Waals surface area contributed by atoms with E-state index in [1.807, 2.05) is 13.0 Å². The first-order valence-electron chi connectivity index (χ1n) is 11.7. The molecular weight excluding hydrogens is 380 g/mol. The molecule has 1 unspecified atom stereocenters. The zero-order valence-corrected chi connectivity index (χ0v) is 20.5. The number of hydrogen-bond donors (Lipinski definition) is 2. The van der Waals surface area contributed by atoms with Crippen molar-refractivity contribution < 1.29 is 10.2 Å². The molecule has 0 amide bonds. The van der Waals surface area contributed by atoms with E-state index in [0.29, 0.717) is 5.75 Å². The number of aliphatic hydroxyl groups is 1. The van der Waals surface area contributed by atoms with E-state index in [2.05, 4.69) is 77.6 Å². The van der Waals surface area contributed by atoms with Crippen LogP contribution in [0.25, 0.3) is 0 Å². The van der Waals surface area contributed by atoms with Crippen molar-refractivity contribution in [1.29, 1.82) is 0 Å². The molecule has 0 bridgehead atoms. The fraction of sp³-hybridized carbons (Fsp3) is 0.517. The van der Waals surface area contributed by atoms with E-state index >= 15 is 0 Å². The highest BCUT2D eigenvalue weighted by atomic mass is 16.3.